The van der Waals surface area contributed by atoms with E-state index < -0.39 is 0 Å². The maximum atomic E-state index is 6.65. The van der Waals surface area contributed by atoms with Gasteiger partial charge in [0.2, 0.25) is 0 Å². The van der Waals surface area contributed by atoms with Crippen LogP contribution in [0.3, 0.4) is 0 Å². The van der Waals surface area contributed by atoms with E-state index in [-0.39, 0.29) is 43.3 Å². The predicted octanol–water partition coefficient (Wildman–Crippen LogP) is 12.7. The Morgan fingerprint density at radius 3 is 1.15 bits per heavy atom. The van der Waals surface area contributed by atoms with Crippen molar-refractivity contribution in [2.45, 2.75) is 0 Å². The van der Waals surface area contributed by atoms with E-state index in [1.165, 1.54) is 84.5 Å². The van der Waals surface area contributed by atoms with E-state index in [2.05, 4.69) is 323 Å². The van der Waals surface area contributed by atoms with Crippen LogP contribution in [0.5, 0.6) is 0 Å². The van der Waals surface area contributed by atoms with Crippen molar-refractivity contribution in [1.82, 2.24) is 0 Å². The molecule has 0 spiro atoms. The Labute approximate surface area is 518 Å². The van der Waals surface area contributed by atoms with Gasteiger partial charge in [0.05, 0.1) is 0 Å². The van der Waals surface area contributed by atoms with E-state index >= 15 is 0 Å². The van der Waals surface area contributed by atoms with Crippen molar-refractivity contribution in [1.29, 1.82) is 0 Å². The Morgan fingerprint density at radius 2 is 0.690 bits per heavy atom. The molecule has 13 aromatic carbocycles. The zero-order valence-corrected chi connectivity index (χ0v) is 50.5. The van der Waals surface area contributed by atoms with E-state index in [0.29, 0.717) is 0 Å². The molecule has 5 nitrogen and oxygen atoms in total. The second kappa shape index (κ2) is 20.3. The van der Waals surface area contributed by atoms with Gasteiger partial charge in [-0.05, 0) is 0 Å². The molecule has 0 saturated carbocycles. The standard InChI is InChI=1S/C78H50B2N4OSe2/c1-7-25-52(26-8-1)81(53-27-9-2-10-28-53)58-46-68-75-72(48-58)86-77-64(79(75)62-38-20-22-40-66(62)83(68)56-33-15-5-16-34-56)50-65-78(74(77)51-43-44-71-61(45-51)60-37-19-24-42-70(60)85-71)87-73-49-59(82(54-29-11-3-12-30-54)55-31-13-4-14-32-55)47-69-76(73)80(65)63-39-21-23-41-67(63)84(69)57-35-17-6-18-36-57/h1-50H. The minimum atomic E-state index is -0.174. The first kappa shape index (κ1) is 50.4. The van der Waals surface area contributed by atoms with Crippen molar-refractivity contribution in [2.75, 3.05) is 19.6 Å². The molecule has 0 atom stereocenters. The van der Waals surface area contributed by atoms with E-state index in [0.717, 1.165) is 67.4 Å². The maximum absolute atomic E-state index is 6.65. The Bertz CT molecular complexity index is 4700. The number of hydrogen-bond donors (Lipinski definition) is 0. The van der Waals surface area contributed by atoms with Crippen LogP contribution in [-0.4, -0.2) is 43.3 Å². The fourth-order valence-electron chi connectivity index (χ4n) is 14.3. The first-order valence-electron chi connectivity index (χ1n) is 29.7. The van der Waals surface area contributed by atoms with Gasteiger partial charge in [0.15, 0.2) is 0 Å². The number of fused-ring (bicyclic) bond motifs is 11. The second-order valence-electron chi connectivity index (χ2n) is 22.7. The van der Waals surface area contributed by atoms with Gasteiger partial charge in [0.1, 0.15) is 0 Å². The minimum absolute atomic E-state index is 0.0593. The molecule has 406 valence electrons. The van der Waals surface area contributed by atoms with E-state index in [9.17, 15) is 0 Å². The molecule has 0 saturated heterocycles. The molecule has 87 heavy (non-hydrogen) atoms. The predicted molar refractivity (Wildman–Crippen MR) is 370 cm³/mol. The average Bonchev–Trinajstić information content (AvgIpc) is 1.04. The second-order valence-corrected chi connectivity index (χ2v) is 27.1. The van der Waals surface area contributed by atoms with Gasteiger partial charge in [0, 0.05) is 0 Å². The Hall–Kier alpha value is -9.97. The molecule has 0 fully saturated rings. The van der Waals surface area contributed by atoms with E-state index in [1.54, 1.807) is 0 Å². The van der Waals surface area contributed by atoms with Crippen LogP contribution >= 0.6 is 0 Å². The van der Waals surface area contributed by atoms with Crippen molar-refractivity contribution < 1.29 is 4.42 Å². The summed E-state index contributed by atoms with van der Waals surface area (Å²) >= 11 is -0.348. The van der Waals surface area contributed by atoms with Gasteiger partial charge in [-0.15, -0.1) is 0 Å². The third-order valence-electron chi connectivity index (χ3n) is 17.9. The van der Waals surface area contributed by atoms with Gasteiger partial charge in [-0.3, -0.25) is 0 Å². The molecule has 0 amide bonds. The van der Waals surface area contributed by atoms with Gasteiger partial charge in [-0.1, -0.05) is 0 Å². The van der Waals surface area contributed by atoms with Crippen molar-refractivity contribution in [2.24, 2.45) is 0 Å². The molecule has 9 heteroatoms. The molecule has 1 aromatic heterocycles. The van der Waals surface area contributed by atoms with Crippen LogP contribution in [-0.2, 0) is 0 Å². The number of nitrogens with zero attached hydrogens (tertiary/aromatic N) is 4. The van der Waals surface area contributed by atoms with Crippen LogP contribution in [0, 0.1) is 0 Å². The Balaban J connectivity index is 0.951. The van der Waals surface area contributed by atoms with Gasteiger partial charge >= 0.3 is 523 Å². The summed E-state index contributed by atoms with van der Waals surface area (Å²) < 4.78 is 12.3. The molecule has 14 aromatic rings. The molecule has 5 heterocycles. The summed E-state index contributed by atoms with van der Waals surface area (Å²) in [5.41, 5.74) is 26.5. The zero-order valence-electron chi connectivity index (χ0n) is 47.0. The first-order chi connectivity index (χ1) is 43.2. The van der Waals surface area contributed by atoms with Crippen LogP contribution in [0.1, 0.15) is 0 Å². The third kappa shape index (κ3) is 8.01. The van der Waals surface area contributed by atoms with Gasteiger partial charge in [0.25, 0.3) is 0 Å². The van der Waals surface area contributed by atoms with Crippen LogP contribution in [0.15, 0.2) is 308 Å². The number of hydrogen-bond acceptors (Lipinski definition) is 5. The van der Waals surface area contributed by atoms with Gasteiger partial charge in [-0.25, -0.2) is 0 Å². The van der Waals surface area contributed by atoms with E-state index in [4.69, 9.17) is 4.42 Å². The number of rotatable bonds is 9. The van der Waals surface area contributed by atoms with Crippen LogP contribution in [0.2, 0.25) is 0 Å². The average molecular weight is 1240 g/mol. The summed E-state index contributed by atoms with van der Waals surface area (Å²) in [5, 5.41) is 2.28. The Kier molecular flexibility index (Phi) is 11.8. The summed E-state index contributed by atoms with van der Waals surface area (Å²) in [4.78, 5) is 10.0. The topological polar surface area (TPSA) is 26.1 Å². The monoisotopic (exact) mass is 1240 g/mol. The number of furan rings is 1. The molecule has 0 unspecified atom stereocenters. The van der Waals surface area contributed by atoms with Gasteiger partial charge in [-0.2, -0.15) is 0 Å². The van der Waals surface area contributed by atoms with Crippen molar-refractivity contribution in [3.05, 3.63) is 303 Å². The molecule has 4 aliphatic heterocycles. The summed E-state index contributed by atoms with van der Waals surface area (Å²) in [7, 11) is 0. The molecule has 0 bridgehead atoms. The molecular formula is C78H50B2N4OSe2. The molecular weight excluding hydrogens is 1190 g/mol. The summed E-state index contributed by atoms with van der Waals surface area (Å²) in [6, 6.07) is 113. The van der Waals surface area contributed by atoms with Crippen molar-refractivity contribution >= 4 is 184 Å². The van der Waals surface area contributed by atoms with Crippen molar-refractivity contribution in [3.63, 3.8) is 0 Å². The van der Waals surface area contributed by atoms with Crippen molar-refractivity contribution in [3.8, 4) is 11.1 Å². The molecule has 0 radical (unpaired) electrons. The summed E-state index contributed by atoms with van der Waals surface area (Å²) in [6.07, 6.45) is 0. The molecule has 0 N–H and O–H groups in total. The van der Waals surface area contributed by atoms with Gasteiger partial charge < -0.3 is 0 Å². The summed E-state index contributed by atoms with van der Waals surface area (Å²) in [6.45, 7) is -0.119. The molecule has 4 aliphatic rings. The Morgan fingerprint density at radius 1 is 0.299 bits per heavy atom. The quantitative estimate of drug-likeness (QED) is 0.134. The number of anilines is 12. The fourth-order valence-corrected chi connectivity index (χ4v) is 20.3. The van der Waals surface area contributed by atoms with E-state index in [1.807, 2.05) is 0 Å². The number of benzene rings is 13. The molecule has 0 aliphatic carbocycles. The summed E-state index contributed by atoms with van der Waals surface area (Å²) in [5.74, 6) is 0. The third-order valence-corrected chi connectivity index (χ3v) is 22.9. The van der Waals surface area contributed by atoms with Crippen LogP contribution in [0.25, 0.3) is 33.1 Å². The van der Waals surface area contributed by atoms with Crippen LogP contribution < -0.4 is 70.2 Å². The molecule has 18 rings (SSSR count). The fraction of sp³-hybridized carbons (Fsp3) is 0. The zero-order chi connectivity index (χ0) is 57.1. The van der Waals surface area contributed by atoms with Crippen LogP contribution in [0.4, 0.5) is 68.2 Å². The SMILES string of the molecule is c1ccc(N(c2ccccc2)c2cc3c4c(c2)N(c2ccccc2)c2ccccc2B4c2cc4c(c(-c5ccc6oc7ccccc7c6c5)c2[Se]3)[Se]c2cc(N(c3ccccc3)c3ccccc3)cc3c2B4c2ccccc2N3c2ccccc2)cc1. The normalized spacial score (nSPS) is 13.1. The number of para-hydroxylation sites is 9. The first-order valence-corrected chi connectivity index (χ1v) is 33.1.